The van der Waals surface area contributed by atoms with Crippen molar-refractivity contribution in [2.45, 2.75) is 70.8 Å². The second-order valence-corrected chi connectivity index (χ2v) is 10.5. The number of para-hydroxylation sites is 1. The van der Waals surface area contributed by atoms with Gasteiger partial charge in [0.2, 0.25) is 0 Å². The molecule has 4 fully saturated rings. The fraction of sp³-hybridized carbons (Fsp3) is 0.692. The van der Waals surface area contributed by atoms with Crippen LogP contribution in [0, 0.1) is 23.2 Å². The highest BCUT2D eigenvalue weighted by molar-refractivity contribution is 6.28. The third-order valence-electron chi connectivity index (χ3n) is 8.37. The molecule has 2 bridgehead atoms. The molecule has 0 spiro atoms. The maximum absolute atomic E-state index is 11.7. The lowest BCUT2D eigenvalue weighted by Crippen LogP contribution is -2.54. The predicted octanol–water partition coefficient (Wildman–Crippen LogP) is 4.38. The standard InChI is InChI=1S/C26H37NO5/c1-26(2)19-12-11-18(22(26)13-19)14-27-15-20(32-25(30)24(28)29)16-31-23-10-6-5-9-21(23)17-7-3-4-8-17/h5-6,9-10,17-20,22,27H,3-4,7-8,11-16H2,1-2H3,(H,28,29). The van der Waals surface area contributed by atoms with E-state index in [0.717, 1.165) is 24.1 Å². The molecule has 1 aromatic rings. The molecule has 4 atom stereocenters. The van der Waals surface area contributed by atoms with Crippen molar-refractivity contribution < 1.29 is 24.2 Å². The Bertz CT molecular complexity index is 814. The van der Waals surface area contributed by atoms with Gasteiger partial charge in [0, 0.05) is 6.54 Å². The number of carbonyl (C=O) groups excluding carboxylic acids is 1. The molecule has 6 nitrogen and oxygen atoms in total. The summed E-state index contributed by atoms with van der Waals surface area (Å²) in [5.41, 5.74) is 1.62. The number of fused-ring (bicyclic) bond motifs is 2. The molecule has 0 radical (unpaired) electrons. The maximum atomic E-state index is 11.7. The lowest BCUT2D eigenvalue weighted by molar-refractivity contribution is -0.168. The van der Waals surface area contributed by atoms with E-state index in [1.807, 2.05) is 18.2 Å². The molecular weight excluding hydrogens is 406 g/mol. The zero-order valence-corrected chi connectivity index (χ0v) is 19.3. The van der Waals surface area contributed by atoms with E-state index in [2.05, 4.69) is 25.2 Å². The zero-order chi connectivity index (χ0) is 22.7. The molecule has 6 heteroatoms. The van der Waals surface area contributed by atoms with Gasteiger partial charge in [0.05, 0.1) is 0 Å². The molecule has 0 saturated heterocycles. The minimum atomic E-state index is -1.57. The molecule has 4 unspecified atom stereocenters. The van der Waals surface area contributed by atoms with Crippen LogP contribution in [0.1, 0.15) is 70.3 Å². The lowest BCUT2D eigenvalue weighted by atomic mass is 9.45. The van der Waals surface area contributed by atoms with Crippen molar-refractivity contribution in [1.82, 2.24) is 5.32 Å². The fourth-order valence-corrected chi connectivity index (χ4v) is 6.34. The summed E-state index contributed by atoms with van der Waals surface area (Å²) in [6.07, 6.45) is 7.99. The molecule has 4 saturated carbocycles. The van der Waals surface area contributed by atoms with Crippen LogP contribution in [0.4, 0.5) is 0 Å². The summed E-state index contributed by atoms with van der Waals surface area (Å²) in [6, 6.07) is 8.04. The first kappa shape index (κ1) is 23.1. The van der Waals surface area contributed by atoms with Crippen LogP contribution in [0.3, 0.4) is 0 Å². The van der Waals surface area contributed by atoms with Gasteiger partial charge in [0.1, 0.15) is 18.5 Å². The van der Waals surface area contributed by atoms with Crippen LogP contribution in [0.25, 0.3) is 0 Å². The molecule has 2 N–H and O–H groups in total. The van der Waals surface area contributed by atoms with E-state index in [9.17, 15) is 9.59 Å². The Morgan fingerprint density at radius 2 is 1.91 bits per heavy atom. The van der Waals surface area contributed by atoms with Crippen molar-refractivity contribution >= 4 is 11.9 Å². The van der Waals surface area contributed by atoms with Gasteiger partial charge in [-0.25, -0.2) is 9.59 Å². The summed E-state index contributed by atoms with van der Waals surface area (Å²) in [7, 11) is 0. The second kappa shape index (κ2) is 9.82. The monoisotopic (exact) mass is 443 g/mol. The number of nitrogens with one attached hydrogen (secondary N) is 1. The first-order valence-corrected chi connectivity index (χ1v) is 12.2. The third-order valence-corrected chi connectivity index (χ3v) is 8.37. The van der Waals surface area contributed by atoms with Crippen molar-refractivity contribution in [3.63, 3.8) is 0 Å². The average Bonchev–Trinajstić information content (AvgIpc) is 3.32. The summed E-state index contributed by atoms with van der Waals surface area (Å²) >= 11 is 0. The molecule has 4 aliphatic rings. The molecule has 5 rings (SSSR count). The van der Waals surface area contributed by atoms with Gasteiger partial charge >= 0.3 is 11.9 Å². The number of aliphatic carboxylic acids is 1. The van der Waals surface area contributed by atoms with Gasteiger partial charge in [-0.2, -0.15) is 0 Å². The van der Waals surface area contributed by atoms with Gasteiger partial charge in [0.25, 0.3) is 0 Å². The highest BCUT2D eigenvalue weighted by Gasteiger charge is 2.53. The van der Waals surface area contributed by atoms with E-state index in [0.29, 0.717) is 23.8 Å². The van der Waals surface area contributed by atoms with Crippen LogP contribution < -0.4 is 10.1 Å². The number of carboxylic acids is 1. The summed E-state index contributed by atoms with van der Waals surface area (Å²) < 4.78 is 11.3. The SMILES string of the molecule is CC1(C)C2CCC(CNCC(COc3ccccc3C3CCCC3)OC(=O)C(=O)O)C1C2. The van der Waals surface area contributed by atoms with Crippen molar-refractivity contribution in [2.24, 2.45) is 23.2 Å². The molecular formula is C26H37NO5. The van der Waals surface area contributed by atoms with Gasteiger partial charge in [0.15, 0.2) is 0 Å². The molecule has 1 aromatic carbocycles. The minimum absolute atomic E-state index is 0.136. The number of esters is 1. The van der Waals surface area contributed by atoms with Gasteiger partial charge in [-0.15, -0.1) is 0 Å². The van der Waals surface area contributed by atoms with Gasteiger partial charge in [-0.05, 0) is 79.4 Å². The molecule has 0 heterocycles. The smallest absolute Gasteiger partial charge is 0.417 e. The van der Waals surface area contributed by atoms with Gasteiger partial charge < -0.3 is 19.9 Å². The molecule has 0 amide bonds. The molecule has 0 aliphatic heterocycles. The molecule has 4 aliphatic carbocycles. The Labute approximate surface area is 191 Å². The topological polar surface area (TPSA) is 84.9 Å². The number of rotatable bonds is 9. The summed E-state index contributed by atoms with van der Waals surface area (Å²) in [6.45, 7) is 6.14. The van der Waals surface area contributed by atoms with E-state index < -0.39 is 18.0 Å². The number of carbonyl (C=O) groups is 2. The Balaban J connectivity index is 1.34. The average molecular weight is 444 g/mol. The van der Waals surface area contributed by atoms with E-state index in [4.69, 9.17) is 14.6 Å². The van der Waals surface area contributed by atoms with Crippen LogP contribution >= 0.6 is 0 Å². The lowest BCUT2D eigenvalue weighted by Gasteiger charge is -2.60. The van der Waals surface area contributed by atoms with Crippen LogP contribution in [-0.2, 0) is 14.3 Å². The number of ether oxygens (including phenoxy) is 2. The van der Waals surface area contributed by atoms with Crippen LogP contribution in [0.5, 0.6) is 5.75 Å². The second-order valence-electron chi connectivity index (χ2n) is 10.5. The molecule has 0 aromatic heterocycles. The highest BCUT2D eigenvalue weighted by Crippen LogP contribution is 2.61. The van der Waals surface area contributed by atoms with Crippen molar-refractivity contribution in [1.29, 1.82) is 0 Å². The van der Waals surface area contributed by atoms with E-state index >= 15 is 0 Å². The first-order valence-electron chi connectivity index (χ1n) is 12.2. The van der Waals surface area contributed by atoms with E-state index in [-0.39, 0.29) is 6.61 Å². The number of benzene rings is 1. The van der Waals surface area contributed by atoms with E-state index in [1.165, 1.54) is 50.5 Å². The Morgan fingerprint density at radius 1 is 1.16 bits per heavy atom. The fourth-order valence-electron chi connectivity index (χ4n) is 6.34. The summed E-state index contributed by atoms with van der Waals surface area (Å²) in [5, 5.41) is 12.4. The number of hydrogen-bond donors (Lipinski definition) is 2. The van der Waals surface area contributed by atoms with Crippen LogP contribution in [0.15, 0.2) is 24.3 Å². The van der Waals surface area contributed by atoms with Crippen molar-refractivity contribution in [3.8, 4) is 5.75 Å². The normalized spacial score (nSPS) is 27.4. The predicted molar refractivity (Wildman–Crippen MR) is 122 cm³/mol. The van der Waals surface area contributed by atoms with Crippen LogP contribution in [0.2, 0.25) is 0 Å². The highest BCUT2D eigenvalue weighted by atomic mass is 16.6. The van der Waals surface area contributed by atoms with Crippen molar-refractivity contribution in [3.05, 3.63) is 29.8 Å². The first-order chi connectivity index (χ1) is 15.4. The van der Waals surface area contributed by atoms with Crippen LogP contribution in [-0.4, -0.2) is 42.8 Å². The summed E-state index contributed by atoms with van der Waals surface area (Å²) in [5.74, 6) is 0.733. The number of hydrogen-bond acceptors (Lipinski definition) is 5. The van der Waals surface area contributed by atoms with Gasteiger partial charge in [-0.1, -0.05) is 44.9 Å². The molecule has 176 valence electrons. The minimum Gasteiger partial charge on any atom is -0.489 e. The zero-order valence-electron chi connectivity index (χ0n) is 19.3. The Hall–Kier alpha value is -2.08. The van der Waals surface area contributed by atoms with E-state index in [1.54, 1.807) is 0 Å². The van der Waals surface area contributed by atoms with Crippen molar-refractivity contribution in [2.75, 3.05) is 19.7 Å². The molecule has 32 heavy (non-hydrogen) atoms. The summed E-state index contributed by atoms with van der Waals surface area (Å²) in [4.78, 5) is 22.8. The Kier molecular flexibility index (Phi) is 7.08. The maximum Gasteiger partial charge on any atom is 0.417 e. The Morgan fingerprint density at radius 3 is 2.59 bits per heavy atom. The quantitative estimate of drug-likeness (QED) is 0.435. The third kappa shape index (κ3) is 4.95. The number of carboxylic acid groups (broad SMARTS) is 1. The largest absolute Gasteiger partial charge is 0.489 e. The van der Waals surface area contributed by atoms with Gasteiger partial charge in [-0.3, -0.25) is 0 Å².